The lowest BCUT2D eigenvalue weighted by Gasteiger charge is -2.33. The van der Waals surface area contributed by atoms with E-state index in [1.54, 1.807) is 7.11 Å². The Morgan fingerprint density at radius 1 is 1.64 bits per heavy atom. The molecule has 2 heteroatoms. The van der Waals surface area contributed by atoms with Crippen LogP contribution in [0.1, 0.15) is 33.1 Å². The minimum Gasteiger partial charge on any atom is -0.377 e. The zero-order valence-electron chi connectivity index (χ0n) is 7.76. The van der Waals surface area contributed by atoms with Crippen molar-refractivity contribution in [1.82, 2.24) is 0 Å². The van der Waals surface area contributed by atoms with Crippen molar-refractivity contribution >= 4 is 0 Å². The van der Waals surface area contributed by atoms with Gasteiger partial charge in [-0.2, -0.15) is 0 Å². The van der Waals surface area contributed by atoms with Crippen molar-refractivity contribution in [2.24, 2.45) is 11.7 Å². The van der Waals surface area contributed by atoms with Crippen LogP contribution in [0.15, 0.2) is 0 Å². The van der Waals surface area contributed by atoms with E-state index in [0.29, 0.717) is 0 Å². The molecule has 0 aromatic rings. The van der Waals surface area contributed by atoms with E-state index in [2.05, 4.69) is 13.8 Å². The standard InChI is InChI=1S/C9H19NO/c1-4-9(2,11-3)8(10)7-5-6-7/h7-8H,4-6,10H2,1-3H3. The number of nitrogens with two attached hydrogens (primary N) is 1. The summed E-state index contributed by atoms with van der Waals surface area (Å²) in [6.45, 7) is 4.24. The second kappa shape index (κ2) is 3.11. The molecule has 1 rings (SSSR count). The van der Waals surface area contributed by atoms with Crippen molar-refractivity contribution in [3.05, 3.63) is 0 Å². The third-order valence-corrected chi connectivity index (χ3v) is 3.00. The number of hydrogen-bond donors (Lipinski definition) is 1. The summed E-state index contributed by atoms with van der Waals surface area (Å²) in [6, 6.07) is 0.234. The van der Waals surface area contributed by atoms with Crippen LogP contribution in [0.5, 0.6) is 0 Å². The second-order valence-corrected chi connectivity index (χ2v) is 3.73. The molecule has 1 aliphatic rings. The van der Waals surface area contributed by atoms with Gasteiger partial charge in [0.1, 0.15) is 0 Å². The molecule has 0 aromatic heterocycles. The van der Waals surface area contributed by atoms with Crippen LogP contribution in [0.4, 0.5) is 0 Å². The molecule has 0 bridgehead atoms. The molecule has 66 valence electrons. The highest BCUT2D eigenvalue weighted by Crippen LogP contribution is 2.38. The highest BCUT2D eigenvalue weighted by Gasteiger charge is 2.40. The minimum absolute atomic E-state index is 0.0961. The zero-order valence-corrected chi connectivity index (χ0v) is 7.76. The maximum Gasteiger partial charge on any atom is 0.0800 e. The molecule has 1 saturated carbocycles. The van der Waals surface area contributed by atoms with Crippen LogP contribution in [-0.2, 0) is 4.74 Å². The third kappa shape index (κ3) is 1.74. The summed E-state index contributed by atoms with van der Waals surface area (Å²) in [5.74, 6) is 0.722. The normalized spacial score (nSPS) is 26.2. The van der Waals surface area contributed by atoms with Gasteiger partial charge in [0.2, 0.25) is 0 Å². The second-order valence-electron chi connectivity index (χ2n) is 3.73. The van der Waals surface area contributed by atoms with Crippen molar-refractivity contribution in [3.8, 4) is 0 Å². The van der Waals surface area contributed by atoms with Crippen LogP contribution in [0.2, 0.25) is 0 Å². The summed E-state index contributed by atoms with van der Waals surface area (Å²) in [5.41, 5.74) is 5.96. The highest BCUT2D eigenvalue weighted by molar-refractivity contribution is 4.96. The average molecular weight is 157 g/mol. The summed E-state index contributed by atoms with van der Waals surface area (Å²) >= 11 is 0. The van der Waals surface area contributed by atoms with Crippen LogP contribution < -0.4 is 5.73 Å². The van der Waals surface area contributed by atoms with E-state index >= 15 is 0 Å². The predicted octanol–water partition coefficient (Wildman–Crippen LogP) is 1.54. The number of methoxy groups -OCH3 is 1. The Labute approximate surface area is 69.1 Å². The fourth-order valence-electron chi connectivity index (χ4n) is 1.47. The van der Waals surface area contributed by atoms with E-state index in [9.17, 15) is 0 Å². The summed E-state index contributed by atoms with van der Waals surface area (Å²) < 4.78 is 5.43. The lowest BCUT2D eigenvalue weighted by atomic mass is 9.90. The Morgan fingerprint density at radius 3 is 2.45 bits per heavy atom. The first-order chi connectivity index (χ1) is 5.14. The zero-order chi connectivity index (χ0) is 8.48. The Kier molecular flexibility index (Phi) is 2.55. The lowest BCUT2D eigenvalue weighted by molar-refractivity contribution is -0.0240. The lowest BCUT2D eigenvalue weighted by Crippen LogP contribution is -2.48. The molecule has 0 aromatic carbocycles. The van der Waals surface area contributed by atoms with Crippen LogP contribution in [0.3, 0.4) is 0 Å². The van der Waals surface area contributed by atoms with E-state index in [1.165, 1.54) is 12.8 Å². The van der Waals surface area contributed by atoms with E-state index in [-0.39, 0.29) is 11.6 Å². The molecule has 0 spiro atoms. The predicted molar refractivity (Wildman–Crippen MR) is 46.4 cm³/mol. The SMILES string of the molecule is CCC(C)(OC)C(N)C1CC1. The fraction of sp³-hybridized carbons (Fsp3) is 1.00. The van der Waals surface area contributed by atoms with E-state index in [1.807, 2.05) is 0 Å². The third-order valence-electron chi connectivity index (χ3n) is 3.00. The van der Waals surface area contributed by atoms with Gasteiger partial charge in [-0.05, 0) is 32.1 Å². The first kappa shape index (κ1) is 9.01. The molecule has 2 unspecified atom stereocenters. The Bertz CT molecular complexity index is 128. The number of rotatable bonds is 4. The van der Waals surface area contributed by atoms with Crippen LogP contribution in [0, 0.1) is 5.92 Å². The quantitative estimate of drug-likeness (QED) is 0.672. The molecule has 2 nitrogen and oxygen atoms in total. The first-order valence-electron chi connectivity index (χ1n) is 4.44. The Morgan fingerprint density at radius 2 is 2.18 bits per heavy atom. The van der Waals surface area contributed by atoms with Crippen molar-refractivity contribution < 1.29 is 4.74 Å². The minimum atomic E-state index is -0.0961. The van der Waals surface area contributed by atoms with Crippen molar-refractivity contribution in [2.45, 2.75) is 44.8 Å². The van der Waals surface area contributed by atoms with E-state index in [4.69, 9.17) is 10.5 Å². The van der Waals surface area contributed by atoms with Crippen molar-refractivity contribution in [1.29, 1.82) is 0 Å². The topological polar surface area (TPSA) is 35.2 Å². The highest BCUT2D eigenvalue weighted by atomic mass is 16.5. The molecule has 1 fully saturated rings. The average Bonchev–Trinajstić information content (AvgIpc) is 2.84. The summed E-state index contributed by atoms with van der Waals surface area (Å²) in [7, 11) is 1.76. The van der Waals surface area contributed by atoms with Gasteiger partial charge in [0.05, 0.1) is 5.60 Å². The Hall–Kier alpha value is -0.0800. The molecule has 2 atom stereocenters. The molecular weight excluding hydrogens is 138 g/mol. The Balaban J connectivity index is 2.51. The fourth-order valence-corrected chi connectivity index (χ4v) is 1.47. The largest absolute Gasteiger partial charge is 0.377 e. The molecule has 1 aliphatic carbocycles. The molecule has 2 N–H and O–H groups in total. The van der Waals surface area contributed by atoms with Gasteiger partial charge in [0.25, 0.3) is 0 Å². The van der Waals surface area contributed by atoms with Gasteiger partial charge in [0, 0.05) is 13.2 Å². The first-order valence-corrected chi connectivity index (χ1v) is 4.44. The molecule has 0 aliphatic heterocycles. The maximum absolute atomic E-state index is 6.05. The van der Waals surface area contributed by atoms with Gasteiger partial charge in [-0.15, -0.1) is 0 Å². The van der Waals surface area contributed by atoms with Crippen molar-refractivity contribution in [3.63, 3.8) is 0 Å². The molecule has 0 saturated heterocycles. The molecule has 0 heterocycles. The number of ether oxygens (including phenoxy) is 1. The monoisotopic (exact) mass is 157 g/mol. The van der Waals surface area contributed by atoms with Gasteiger partial charge < -0.3 is 10.5 Å². The summed E-state index contributed by atoms with van der Waals surface area (Å²) in [4.78, 5) is 0. The number of hydrogen-bond acceptors (Lipinski definition) is 2. The van der Waals surface area contributed by atoms with Gasteiger partial charge >= 0.3 is 0 Å². The summed E-state index contributed by atoms with van der Waals surface area (Å²) in [5, 5.41) is 0. The molecule has 0 radical (unpaired) electrons. The van der Waals surface area contributed by atoms with E-state index < -0.39 is 0 Å². The van der Waals surface area contributed by atoms with Gasteiger partial charge in [0.15, 0.2) is 0 Å². The summed E-state index contributed by atoms with van der Waals surface area (Å²) in [6.07, 6.45) is 3.58. The smallest absolute Gasteiger partial charge is 0.0800 e. The molecule has 11 heavy (non-hydrogen) atoms. The maximum atomic E-state index is 6.05. The molecule has 0 amide bonds. The van der Waals surface area contributed by atoms with Crippen LogP contribution in [0.25, 0.3) is 0 Å². The van der Waals surface area contributed by atoms with Gasteiger partial charge in [-0.1, -0.05) is 6.92 Å². The van der Waals surface area contributed by atoms with Crippen molar-refractivity contribution in [2.75, 3.05) is 7.11 Å². The van der Waals surface area contributed by atoms with Gasteiger partial charge in [-0.3, -0.25) is 0 Å². The van der Waals surface area contributed by atoms with Gasteiger partial charge in [-0.25, -0.2) is 0 Å². The van der Waals surface area contributed by atoms with Crippen LogP contribution >= 0.6 is 0 Å². The van der Waals surface area contributed by atoms with E-state index in [0.717, 1.165) is 12.3 Å². The molecular formula is C9H19NO. The van der Waals surface area contributed by atoms with Crippen LogP contribution in [-0.4, -0.2) is 18.8 Å².